The Balaban J connectivity index is 1.46. The fraction of sp³-hybridized carbons (Fsp3) is 0.436. The number of carbonyl (C=O) groups is 2. The van der Waals surface area contributed by atoms with Crippen molar-refractivity contribution >= 4 is 34.0 Å². The molecule has 1 saturated heterocycles. The van der Waals surface area contributed by atoms with Gasteiger partial charge in [-0.3, -0.25) is 4.79 Å². The van der Waals surface area contributed by atoms with Gasteiger partial charge in [0.1, 0.15) is 12.2 Å². The number of nitrogens with one attached hydrogen (secondary N) is 1. The number of alkyl halides is 3. The van der Waals surface area contributed by atoms with Crippen LogP contribution in [0, 0.1) is 5.95 Å². The second-order valence-corrected chi connectivity index (χ2v) is 13.8. The zero-order valence-corrected chi connectivity index (χ0v) is 30.3. The molecule has 2 amide bonds. The number of allylic oxidation sites excluding steroid dienone is 1. The highest BCUT2D eigenvalue weighted by Gasteiger charge is 2.32. The average molecular weight is 740 g/mol. The van der Waals surface area contributed by atoms with E-state index in [2.05, 4.69) is 15.4 Å². The van der Waals surface area contributed by atoms with Crippen molar-refractivity contribution in [3.63, 3.8) is 0 Å². The number of halogens is 4. The van der Waals surface area contributed by atoms with Crippen molar-refractivity contribution in [1.82, 2.24) is 25.0 Å². The molecular formula is C39H45F4N5O5. The first-order valence-electron chi connectivity index (χ1n) is 17.6. The van der Waals surface area contributed by atoms with Gasteiger partial charge in [0.2, 0.25) is 17.7 Å². The first-order valence-corrected chi connectivity index (χ1v) is 17.6. The molecule has 4 aromatic rings. The van der Waals surface area contributed by atoms with Crippen LogP contribution in [0.3, 0.4) is 0 Å². The van der Waals surface area contributed by atoms with Crippen LogP contribution in [0.1, 0.15) is 82.2 Å². The highest BCUT2D eigenvalue weighted by molar-refractivity contribution is 6.00. The molecule has 1 unspecified atom stereocenters. The molecule has 3 heterocycles. The predicted molar refractivity (Wildman–Crippen MR) is 192 cm³/mol. The van der Waals surface area contributed by atoms with E-state index in [1.54, 1.807) is 76.3 Å². The van der Waals surface area contributed by atoms with Crippen molar-refractivity contribution in [3.05, 3.63) is 89.5 Å². The van der Waals surface area contributed by atoms with Crippen LogP contribution in [0.5, 0.6) is 5.88 Å². The van der Waals surface area contributed by atoms with Gasteiger partial charge >= 0.3 is 12.3 Å². The minimum absolute atomic E-state index is 0.0129. The Labute approximate surface area is 306 Å². The topological polar surface area (TPSA) is 108 Å². The highest BCUT2D eigenvalue weighted by Crippen LogP contribution is 2.40. The molecule has 5 rings (SSSR count). The Hall–Kier alpha value is -4.98. The van der Waals surface area contributed by atoms with Crippen LogP contribution in [-0.4, -0.2) is 76.8 Å². The lowest BCUT2D eigenvalue weighted by Gasteiger charge is -2.27. The van der Waals surface area contributed by atoms with Gasteiger partial charge in [-0.05, 0) is 86.9 Å². The molecule has 1 atom stereocenters. The summed E-state index contributed by atoms with van der Waals surface area (Å²) in [7, 11) is 1.54. The second kappa shape index (κ2) is 17.2. The number of pyridine rings is 1. The molecule has 0 bridgehead atoms. The predicted octanol–water partition coefficient (Wildman–Crippen LogP) is 8.32. The van der Waals surface area contributed by atoms with Crippen molar-refractivity contribution in [3.8, 4) is 5.88 Å². The molecule has 1 fully saturated rings. The van der Waals surface area contributed by atoms with Gasteiger partial charge in [0.25, 0.3) is 0 Å². The highest BCUT2D eigenvalue weighted by atomic mass is 19.4. The summed E-state index contributed by atoms with van der Waals surface area (Å²) in [5.74, 6) is -0.721. The molecular weight excluding hydrogens is 694 g/mol. The third kappa shape index (κ3) is 10.8. The number of hydrogen-bond donors (Lipinski definition) is 1. The van der Waals surface area contributed by atoms with Crippen LogP contribution in [0.15, 0.2) is 66.9 Å². The molecule has 53 heavy (non-hydrogen) atoms. The van der Waals surface area contributed by atoms with Crippen LogP contribution >= 0.6 is 0 Å². The van der Waals surface area contributed by atoms with Crippen molar-refractivity contribution in [2.75, 3.05) is 33.4 Å². The fourth-order valence-electron chi connectivity index (χ4n) is 6.14. The van der Waals surface area contributed by atoms with Crippen LogP contribution in [0.2, 0.25) is 0 Å². The standard InChI is InChI=1S/C39H45F4N5O5/c1-38(2,3)53-37(50)47(19-10-13-32(49)44-4)20-22-51-33-18-16-28(25-45-33)35(30(24-39(41,42)43)26-11-6-5-7-12-26)27-15-17-31-29(23-27)36(40)46-48(31)34-14-8-9-21-52-34/h5-7,11-12,15-18,23,25,34H,8-10,13-14,19-22,24H2,1-4H3,(H,44,49)/b35-30-. The number of fused-ring (bicyclic) bond motifs is 1. The minimum atomic E-state index is -4.56. The number of aromatic nitrogens is 3. The molecule has 2 aromatic heterocycles. The van der Waals surface area contributed by atoms with Gasteiger partial charge in [0, 0.05) is 44.4 Å². The van der Waals surface area contributed by atoms with Gasteiger partial charge in [-0.2, -0.15) is 17.6 Å². The third-order valence-corrected chi connectivity index (χ3v) is 8.58. The Morgan fingerprint density at radius 2 is 1.75 bits per heavy atom. The van der Waals surface area contributed by atoms with E-state index in [-0.39, 0.29) is 54.4 Å². The van der Waals surface area contributed by atoms with E-state index in [1.807, 2.05) is 0 Å². The quantitative estimate of drug-likeness (QED) is 0.109. The Kier molecular flexibility index (Phi) is 12.8. The summed E-state index contributed by atoms with van der Waals surface area (Å²) >= 11 is 0. The lowest BCUT2D eigenvalue weighted by molar-refractivity contribution is -0.123. The Morgan fingerprint density at radius 3 is 2.40 bits per heavy atom. The molecule has 1 aliphatic heterocycles. The molecule has 284 valence electrons. The Bertz CT molecular complexity index is 1880. The summed E-state index contributed by atoms with van der Waals surface area (Å²) < 4.78 is 76.9. The van der Waals surface area contributed by atoms with Crippen molar-refractivity contribution in [2.24, 2.45) is 0 Å². The number of ether oxygens (including phenoxy) is 3. The molecule has 0 saturated carbocycles. The van der Waals surface area contributed by atoms with E-state index in [4.69, 9.17) is 14.2 Å². The van der Waals surface area contributed by atoms with Crippen LogP contribution < -0.4 is 10.1 Å². The largest absolute Gasteiger partial charge is 0.476 e. The maximum absolute atomic E-state index is 15.4. The minimum Gasteiger partial charge on any atom is -0.476 e. The van der Waals surface area contributed by atoms with E-state index < -0.39 is 36.5 Å². The number of nitrogens with zero attached hydrogens (tertiary/aromatic N) is 4. The number of hydrogen-bond acceptors (Lipinski definition) is 7. The third-order valence-electron chi connectivity index (χ3n) is 8.58. The number of benzene rings is 2. The maximum Gasteiger partial charge on any atom is 0.410 e. The normalized spacial score (nSPS) is 15.5. The molecule has 1 aliphatic rings. The van der Waals surface area contributed by atoms with E-state index in [0.29, 0.717) is 41.7 Å². The van der Waals surface area contributed by atoms with Gasteiger partial charge in [0.05, 0.1) is 23.9 Å². The lowest BCUT2D eigenvalue weighted by atomic mass is 9.88. The molecule has 10 nitrogen and oxygen atoms in total. The average Bonchev–Trinajstić information content (AvgIpc) is 3.46. The van der Waals surface area contributed by atoms with E-state index in [1.165, 1.54) is 27.9 Å². The summed E-state index contributed by atoms with van der Waals surface area (Å²) in [4.78, 5) is 30.5. The number of rotatable bonds is 13. The summed E-state index contributed by atoms with van der Waals surface area (Å²) in [5.41, 5.74) is 1.02. The molecule has 0 aliphatic carbocycles. The smallest absolute Gasteiger partial charge is 0.410 e. The first-order chi connectivity index (χ1) is 25.2. The summed E-state index contributed by atoms with van der Waals surface area (Å²) in [6.45, 7) is 6.21. The summed E-state index contributed by atoms with van der Waals surface area (Å²) in [6.07, 6.45) is -2.27. The summed E-state index contributed by atoms with van der Waals surface area (Å²) in [5, 5.41) is 6.82. The Morgan fingerprint density at radius 1 is 1.00 bits per heavy atom. The van der Waals surface area contributed by atoms with Gasteiger partial charge in [0.15, 0.2) is 6.23 Å². The first kappa shape index (κ1) is 39.2. The van der Waals surface area contributed by atoms with Gasteiger partial charge in [-0.25, -0.2) is 14.5 Å². The zero-order valence-electron chi connectivity index (χ0n) is 30.3. The van der Waals surface area contributed by atoms with Gasteiger partial charge in [-0.1, -0.05) is 36.4 Å². The van der Waals surface area contributed by atoms with Gasteiger partial charge < -0.3 is 24.4 Å². The second-order valence-electron chi connectivity index (χ2n) is 13.8. The van der Waals surface area contributed by atoms with Crippen molar-refractivity contribution in [2.45, 2.75) is 77.3 Å². The van der Waals surface area contributed by atoms with E-state index in [0.717, 1.165) is 12.8 Å². The molecule has 14 heteroatoms. The number of amides is 2. The molecule has 0 spiro atoms. The molecule has 0 radical (unpaired) electrons. The van der Waals surface area contributed by atoms with E-state index >= 15 is 4.39 Å². The monoisotopic (exact) mass is 739 g/mol. The fourth-order valence-corrected chi connectivity index (χ4v) is 6.14. The van der Waals surface area contributed by atoms with Crippen molar-refractivity contribution in [1.29, 1.82) is 0 Å². The lowest BCUT2D eigenvalue weighted by Crippen LogP contribution is -2.40. The maximum atomic E-state index is 15.4. The molecule has 2 aromatic carbocycles. The van der Waals surface area contributed by atoms with E-state index in [9.17, 15) is 22.8 Å². The van der Waals surface area contributed by atoms with Crippen LogP contribution in [0.25, 0.3) is 22.0 Å². The zero-order chi connectivity index (χ0) is 38.2. The van der Waals surface area contributed by atoms with Gasteiger partial charge in [-0.15, -0.1) is 5.10 Å². The molecule has 1 N–H and O–H groups in total. The van der Waals surface area contributed by atoms with Crippen LogP contribution in [0.4, 0.5) is 22.4 Å². The number of carbonyl (C=O) groups excluding carboxylic acids is 2. The van der Waals surface area contributed by atoms with Crippen LogP contribution in [-0.2, 0) is 14.3 Å². The summed E-state index contributed by atoms with van der Waals surface area (Å²) in [6, 6.07) is 16.2. The van der Waals surface area contributed by atoms with Crippen molar-refractivity contribution < 1.29 is 41.4 Å². The SMILES string of the molecule is CNC(=O)CCCN(CCOc1ccc(/C(=C(/CC(F)(F)F)c2ccccc2)c2ccc3c(c2)c(F)nn3C2CCCCO2)cn1)C(=O)OC(C)(C)C.